The Morgan fingerprint density at radius 2 is 2.00 bits per heavy atom. The molecule has 0 spiro atoms. The van der Waals surface area contributed by atoms with E-state index in [2.05, 4.69) is 20.4 Å². The highest BCUT2D eigenvalue weighted by Gasteiger charge is 2.28. The van der Waals surface area contributed by atoms with Crippen LogP contribution in [0.25, 0.3) is 0 Å². The fraction of sp³-hybridized carbons (Fsp3) is 0.727. The summed E-state index contributed by atoms with van der Waals surface area (Å²) < 4.78 is 5.01. The molecule has 0 bridgehead atoms. The molecule has 0 amide bonds. The van der Waals surface area contributed by atoms with E-state index in [0.717, 1.165) is 11.8 Å². The van der Waals surface area contributed by atoms with Crippen LogP contribution < -0.4 is 0 Å². The lowest BCUT2D eigenvalue weighted by molar-refractivity contribution is -0.139. The van der Waals surface area contributed by atoms with E-state index in [4.69, 9.17) is 4.74 Å². The Hall–Kier alpha value is -0.790. The van der Waals surface area contributed by atoms with Crippen molar-refractivity contribution in [1.82, 2.24) is 0 Å². The van der Waals surface area contributed by atoms with Gasteiger partial charge in [-0.3, -0.25) is 0 Å². The Kier molecular flexibility index (Phi) is 3.52. The molecule has 1 saturated carbocycles. The summed E-state index contributed by atoms with van der Waals surface area (Å²) in [6, 6.07) is 0. The van der Waals surface area contributed by atoms with Crippen molar-refractivity contribution in [2.45, 2.75) is 26.7 Å². The van der Waals surface area contributed by atoms with Crippen LogP contribution in [0.3, 0.4) is 0 Å². The molecule has 0 radical (unpaired) electrons. The van der Waals surface area contributed by atoms with Crippen LogP contribution in [0.2, 0.25) is 0 Å². The molecule has 1 rings (SSSR count). The average molecular weight is 182 g/mol. The summed E-state index contributed by atoms with van der Waals surface area (Å²) in [7, 11) is 0. The third-order valence-electron chi connectivity index (χ3n) is 3.01. The van der Waals surface area contributed by atoms with Gasteiger partial charge < -0.3 is 4.74 Å². The molecular weight excluding hydrogens is 164 g/mol. The minimum Gasteiger partial charge on any atom is -0.462 e. The lowest BCUT2D eigenvalue weighted by atomic mass is 10.0. The van der Waals surface area contributed by atoms with Gasteiger partial charge in [-0.1, -0.05) is 20.4 Å². The van der Waals surface area contributed by atoms with Gasteiger partial charge in [0, 0.05) is 6.08 Å². The van der Waals surface area contributed by atoms with Crippen LogP contribution in [0.4, 0.5) is 0 Å². The van der Waals surface area contributed by atoms with Crippen LogP contribution in [0.1, 0.15) is 26.7 Å². The van der Waals surface area contributed by atoms with Gasteiger partial charge in [0.05, 0.1) is 6.61 Å². The van der Waals surface area contributed by atoms with Crippen LogP contribution in [-0.4, -0.2) is 12.6 Å². The first-order valence-corrected chi connectivity index (χ1v) is 4.92. The van der Waals surface area contributed by atoms with Crippen molar-refractivity contribution in [3.63, 3.8) is 0 Å². The lowest BCUT2D eigenvalue weighted by Gasteiger charge is -2.08. The van der Waals surface area contributed by atoms with Crippen LogP contribution >= 0.6 is 0 Å². The second-order valence-corrected chi connectivity index (χ2v) is 4.13. The standard InChI is InChI=1S/C11H18O2/c1-4-11(12)13-7-10-5-8(2)9(3)6-10/h4,8-10H,1,5-7H2,2-3H3. The van der Waals surface area contributed by atoms with E-state index in [9.17, 15) is 4.79 Å². The Morgan fingerprint density at radius 3 is 2.46 bits per heavy atom. The van der Waals surface area contributed by atoms with Gasteiger partial charge >= 0.3 is 5.97 Å². The highest BCUT2D eigenvalue weighted by Crippen LogP contribution is 2.35. The number of ether oxygens (including phenoxy) is 1. The van der Waals surface area contributed by atoms with Crippen molar-refractivity contribution in [3.05, 3.63) is 12.7 Å². The van der Waals surface area contributed by atoms with Crippen molar-refractivity contribution in [2.24, 2.45) is 17.8 Å². The number of carbonyl (C=O) groups excluding carboxylic acids is 1. The average Bonchev–Trinajstić information content (AvgIpc) is 2.42. The van der Waals surface area contributed by atoms with Crippen LogP contribution in [0, 0.1) is 17.8 Å². The van der Waals surface area contributed by atoms with Crippen molar-refractivity contribution >= 4 is 5.97 Å². The topological polar surface area (TPSA) is 26.3 Å². The molecule has 0 aromatic rings. The van der Waals surface area contributed by atoms with Gasteiger partial charge in [0.1, 0.15) is 0 Å². The Labute approximate surface area is 80.0 Å². The van der Waals surface area contributed by atoms with E-state index in [1.165, 1.54) is 18.9 Å². The number of hydrogen-bond acceptors (Lipinski definition) is 2. The molecule has 1 aliphatic rings. The number of rotatable bonds is 3. The molecule has 2 nitrogen and oxygen atoms in total. The minimum atomic E-state index is -0.299. The fourth-order valence-electron chi connectivity index (χ4n) is 2.01. The molecule has 0 saturated heterocycles. The van der Waals surface area contributed by atoms with E-state index in [1.807, 2.05) is 0 Å². The van der Waals surface area contributed by atoms with E-state index in [-0.39, 0.29) is 5.97 Å². The molecule has 2 unspecified atom stereocenters. The highest BCUT2D eigenvalue weighted by atomic mass is 16.5. The highest BCUT2D eigenvalue weighted by molar-refractivity contribution is 5.81. The third-order valence-corrected chi connectivity index (χ3v) is 3.01. The number of hydrogen-bond donors (Lipinski definition) is 0. The molecule has 1 fully saturated rings. The summed E-state index contributed by atoms with van der Waals surface area (Å²) >= 11 is 0. The monoisotopic (exact) mass is 182 g/mol. The summed E-state index contributed by atoms with van der Waals surface area (Å²) in [6.07, 6.45) is 3.60. The molecule has 1 aliphatic carbocycles. The van der Waals surface area contributed by atoms with E-state index in [1.54, 1.807) is 0 Å². The fourth-order valence-corrected chi connectivity index (χ4v) is 2.01. The molecule has 0 aliphatic heterocycles. The second kappa shape index (κ2) is 4.45. The van der Waals surface area contributed by atoms with Gasteiger partial charge in [-0.05, 0) is 30.6 Å². The van der Waals surface area contributed by atoms with Crippen molar-refractivity contribution < 1.29 is 9.53 Å². The lowest BCUT2D eigenvalue weighted by Crippen LogP contribution is -2.10. The van der Waals surface area contributed by atoms with Crippen molar-refractivity contribution in [3.8, 4) is 0 Å². The molecular formula is C11H18O2. The zero-order valence-corrected chi connectivity index (χ0v) is 8.45. The summed E-state index contributed by atoms with van der Waals surface area (Å²) in [5.74, 6) is 1.81. The summed E-state index contributed by atoms with van der Waals surface area (Å²) in [6.45, 7) is 8.46. The van der Waals surface area contributed by atoms with Gasteiger partial charge in [0.15, 0.2) is 0 Å². The molecule has 2 atom stereocenters. The second-order valence-electron chi connectivity index (χ2n) is 4.13. The SMILES string of the molecule is C=CC(=O)OCC1CC(C)C(C)C1. The predicted octanol–water partition coefficient (Wildman–Crippen LogP) is 2.40. The molecule has 0 N–H and O–H groups in total. The molecule has 2 heteroatoms. The van der Waals surface area contributed by atoms with E-state index in [0.29, 0.717) is 12.5 Å². The number of esters is 1. The molecule has 0 aromatic carbocycles. The maximum Gasteiger partial charge on any atom is 0.330 e. The Balaban J connectivity index is 2.24. The quantitative estimate of drug-likeness (QED) is 0.495. The molecule has 0 aromatic heterocycles. The Bertz CT molecular complexity index is 188. The van der Waals surface area contributed by atoms with Crippen LogP contribution in [0.5, 0.6) is 0 Å². The molecule has 74 valence electrons. The first-order chi connectivity index (χ1) is 6.13. The third kappa shape index (κ3) is 2.87. The predicted molar refractivity (Wildman–Crippen MR) is 52.2 cm³/mol. The summed E-state index contributed by atoms with van der Waals surface area (Å²) in [4.78, 5) is 10.8. The van der Waals surface area contributed by atoms with Crippen molar-refractivity contribution in [1.29, 1.82) is 0 Å². The van der Waals surface area contributed by atoms with Gasteiger partial charge in [-0.2, -0.15) is 0 Å². The maximum absolute atomic E-state index is 10.8. The first-order valence-electron chi connectivity index (χ1n) is 4.92. The van der Waals surface area contributed by atoms with Crippen LogP contribution in [0.15, 0.2) is 12.7 Å². The van der Waals surface area contributed by atoms with E-state index >= 15 is 0 Å². The maximum atomic E-state index is 10.8. The minimum absolute atomic E-state index is 0.299. The Morgan fingerprint density at radius 1 is 1.46 bits per heavy atom. The normalized spacial score (nSPS) is 32.9. The summed E-state index contributed by atoms with van der Waals surface area (Å²) in [5, 5.41) is 0. The van der Waals surface area contributed by atoms with E-state index < -0.39 is 0 Å². The van der Waals surface area contributed by atoms with Gasteiger partial charge in [-0.15, -0.1) is 0 Å². The zero-order chi connectivity index (χ0) is 9.84. The van der Waals surface area contributed by atoms with Gasteiger partial charge in [0.2, 0.25) is 0 Å². The van der Waals surface area contributed by atoms with Gasteiger partial charge in [-0.25, -0.2) is 4.79 Å². The summed E-state index contributed by atoms with van der Waals surface area (Å²) in [5.41, 5.74) is 0. The van der Waals surface area contributed by atoms with Gasteiger partial charge in [0.25, 0.3) is 0 Å². The van der Waals surface area contributed by atoms with Crippen LogP contribution in [-0.2, 0) is 9.53 Å². The smallest absolute Gasteiger partial charge is 0.330 e. The molecule has 13 heavy (non-hydrogen) atoms. The zero-order valence-electron chi connectivity index (χ0n) is 8.45. The number of carbonyl (C=O) groups is 1. The van der Waals surface area contributed by atoms with Crippen molar-refractivity contribution in [2.75, 3.05) is 6.61 Å². The largest absolute Gasteiger partial charge is 0.462 e. The molecule has 0 heterocycles. The first kappa shape index (κ1) is 10.3.